The van der Waals surface area contributed by atoms with Crippen molar-refractivity contribution in [2.75, 3.05) is 26.2 Å². The molecule has 0 aliphatic carbocycles. The predicted octanol–water partition coefficient (Wildman–Crippen LogP) is 1.21. The van der Waals surface area contributed by atoms with Crippen LogP contribution in [0.4, 0.5) is 4.39 Å². The number of nitrogens with two attached hydrogens (primary N) is 1. The molecule has 2 rings (SSSR count). The summed E-state index contributed by atoms with van der Waals surface area (Å²) in [7, 11) is 0. The molecule has 5 heteroatoms. The Bertz CT molecular complexity index is 458. The number of carbonyl (C=O) groups is 1. The molecule has 1 atom stereocenters. The van der Waals surface area contributed by atoms with E-state index in [0.29, 0.717) is 6.54 Å². The smallest absolute Gasteiger partial charge is 0.234 e. The number of nitrogens with zero attached hydrogens (tertiary/aromatic N) is 2. The number of rotatable bonds is 5. The minimum absolute atomic E-state index is 0.154. The second-order valence-corrected chi connectivity index (χ2v) is 5.23. The lowest BCUT2D eigenvalue weighted by Gasteiger charge is -2.37. The van der Waals surface area contributed by atoms with Gasteiger partial charge in [0.05, 0.1) is 6.04 Å². The molecule has 1 saturated heterocycles. The Balaban J connectivity index is 1.88. The number of hydrogen-bond donors (Lipinski definition) is 1. The van der Waals surface area contributed by atoms with Gasteiger partial charge in [-0.15, -0.1) is 0 Å². The van der Waals surface area contributed by atoms with E-state index in [4.69, 9.17) is 5.73 Å². The zero-order valence-electron chi connectivity index (χ0n) is 11.9. The summed E-state index contributed by atoms with van der Waals surface area (Å²) in [5.74, 6) is -0.409. The van der Waals surface area contributed by atoms with Crippen LogP contribution < -0.4 is 5.73 Å². The average Bonchev–Trinajstić information content (AvgIpc) is 2.43. The van der Waals surface area contributed by atoms with E-state index in [9.17, 15) is 9.18 Å². The first kappa shape index (κ1) is 14.9. The molecule has 1 heterocycles. The molecule has 4 nitrogen and oxygen atoms in total. The Morgan fingerprint density at radius 1 is 1.30 bits per heavy atom. The van der Waals surface area contributed by atoms with Gasteiger partial charge in [0.2, 0.25) is 5.91 Å². The first-order chi connectivity index (χ1) is 9.61. The first-order valence-corrected chi connectivity index (χ1v) is 7.11. The molecule has 0 aromatic heterocycles. The minimum atomic E-state index is -0.255. The van der Waals surface area contributed by atoms with Gasteiger partial charge in [-0.1, -0.05) is 25.1 Å². The SMILES string of the molecule is CC[C@H](C(N)=O)N1CCN(Cc2ccccc2F)CC1. The third-order valence-corrected chi connectivity index (χ3v) is 3.91. The molecule has 0 bridgehead atoms. The number of benzene rings is 1. The average molecular weight is 279 g/mol. The summed E-state index contributed by atoms with van der Waals surface area (Å²) in [5.41, 5.74) is 6.14. The highest BCUT2D eigenvalue weighted by atomic mass is 19.1. The molecule has 1 amide bonds. The molecule has 2 N–H and O–H groups in total. The highest BCUT2D eigenvalue weighted by Gasteiger charge is 2.26. The van der Waals surface area contributed by atoms with Crippen LogP contribution in [0.5, 0.6) is 0 Å². The van der Waals surface area contributed by atoms with Gasteiger partial charge < -0.3 is 5.73 Å². The number of amides is 1. The van der Waals surface area contributed by atoms with Crippen molar-refractivity contribution in [2.45, 2.75) is 25.9 Å². The molecule has 110 valence electrons. The fraction of sp³-hybridized carbons (Fsp3) is 0.533. The molecule has 1 aromatic carbocycles. The normalized spacial score (nSPS) is 18.9. The van der Waals surface area contributed by atoms with Gasteiger partial charge in [-0.05, 0) is 12.5 Å². The minimum Gasteiger partial charge on any atom is -0.368 e. The van der Waals surface area contributed by atoms with Crippen molar-refractivity contribution in [1.82, 2.24) is 9.80 Å². The molecule has 1 aliphatic rings. The van der Waals surface area contributed by atoms with E-state index in [1.54, 1.807) is 6.07 Å². The van der Waals surface area contributed by atoms with Gasteiger partial charge in [0.1, 0.15) is 5.82 Å². The van der Waals surface area contributed by atoms with Crippen LogP contribution in [0.15, 0.2) is 24.3 Å². The summed E-state index contributed by atoms with van der Waals surface area (Å²) in [6, 6.07) is 6.70. The maximum absolute atomic E-state index is 13.6. The summed E-state index contributed by atoms with van der Waals surface area (Å²) < 4.78 is 13.6. The van der Waals surface area contributed by atoms with Gasteiger partial charge in [0, 0.05) is 38.3 Å². The van der Waals surface area contributed by atoms with Gasteiger partial charge in [-0.2, -0.15) is 0 Å². The van der Waals surface area contributed by atoms with Crippen molar-refractivity contribution in [3.8, 4) is 0 Å². The largest absolute Gasteiger partial charge is 0.368 e. The monoisotopic (exact) mass is 279 g/mol. The predicted molar refractivity (Wildman–Crippen MR) is 76.5 cm³/mol. The number of carbonyl (C=O) groups excluding carboxylic acids is 1. The van der Waals surface area contributed by atoms with E-state index in [-0.39, 0.29) is 17.8 Å². The standard InChI is InChI=1S/C15H22FN3O/c1-2-14(15(17)20)19-9-7-18(8-10-19)11-12-5-3-4-6-13(12)16/h3-6,14H,2,7-11H2,1H3,(H2,17,20)/t14-/m1/s1. The lowest BCUT2D eigenvalue weighted by Crippen LogP contribution is -2.53. The summed E-state index contributed by atoms with van der Waals surface area (Å²) in [5, 5.41) is 0. The lowest BCUT2D eigenvalue weighted by molar-refractivity contribution is -0.124. The Morgan fingerprint density at radius 2 is 1.95 bits per heavy atom. The van der Waals surface area contributed by atoms with Crippen molar-refractivity contribution in [2.24, 2.45) is 5.73 Å². The second-order valence-electron chi connectivity index (χ2n) is 5.23. The van der Waals surface area contributed by atoms with Crippen LogP contribution in [0.25, 0.3) is 0 Å². The zero-order chi connectivity index (χ0) is 14.5. The number of hydrogen-bond acceptors (Lipinski definition) is 3. The molecule has 20 heavy (non-hydrogen) atoms. The van der Waals surface area contributed by atoms with Crippen molar-refractivity contribution in [1.29, 1.82) is 0 Å². The number of primary amides is 1. The molecule has 0 spiro atoms. The lowest BCUT2D eigenvalue weighted by atomic mass is 10.1. The third kappa shape index (κ3) is 3.55. The van der Waals surface area contributed by atoms with Crippen LogP contribution >= 0.6 is 0 Å². The van der Waals surface area contributed by atoms with Crippen LogP contribution in [0.2, 0.25) is 0 Å². The molecular weight excluding hydrogens is 257 g/mol. The summed E-state index contributed by atoms with van der Waals surface area (Å²) >= 11 is 0. The van der Waals surface area contributed by atoms with E-state index in [2.05, 4.69) is 9.80 Å². The van der Waals surface area contributed by atoms with Crippen LogP contribution in [0, 0.1) is 5.82 Å². The summed E-state index contributed by atoms with van der Waals surface area (Å²) in [6.07, 6.45) is 0.739. The summed E-state index contributed by atoms with van der Waals surface area (Å²) in [6.45, 7) is 5.86. The van der Waals surface area contributed by atoms with Crippen molar-refractivity contribution < 1.29 is 9.18 Å². The van der Waals surface area contributed by atoms with Crippen LogP contribution in [-0.2, 0) is 11.3 Å². The van der Waals surface area contributed by atoms with E-state index in [1.807, 2.05) is 19.1 Å². The van der Waals surface area contributed by atoms with Crippen molar-refractivity contribution in [3.63, 3.8) is 0 Å². The van der Waals surface area contributed by atoms with Crippen LogP contribution in [0.3, 0.4) is 0 Å². The molecular formula is C15H22FN3O. The maximum Gasteiger partial charge on any atom is 0.234 e. The Kier molecular flexibility index (Phi) is 5.09. The van der Waals surface area contributed by atoms with Gasteiger partial charge in [-0.3, -0.25) is 14.6 Å². The van der Waals surface area contributed by atoms with Crippen molar-refractivity contribution >= 4 is 5.91 Å². The molecule has 0 saturated carbocycles. The fourth-order valence-electron chi connectivity index (χ4n) is 2.74. The quantitative estimate of drug-likeness (QED) is 0.881. The van der Waals surface area contributed by atoms with Gasteiger partial charge in [0.15, 0.2) is 0 Å². The highest BCUT2D eigenvalue weighted by Crippen LogP contribution is 2.14. The number of piperazine rings is 1. The Hall–Kier alpha value is -1.46. The highest BCUT2D eigenvalue weighted by molar-refractivity contribution is 5.79. The first-order valence-electron chi connectivity index (χ1n) is 7.11. The Morgan fingerprint density at radius 3 is 2.50 bits per heavy atom. The van der Waals surface area contributed by atoms with E-state index in [0.717, 1.165) is 38.2 Å². The second kappa shape index (κ2) is 6.81. The third-order valence-electron chi connectivity index (χ3n) is 3.91. The van der Waals surface area contributed by atoms with Crippen molar-refractivity contribution in [3.05, 3.63) is 35.6 Å². The van der Waals surface area contributed by atoms with Gasteiger partial charge in [0.25, 0.3) is 0 Å². The topological polar surface area (TPSA) is 49.6 Å². The van der Waals surface area contributed by atoms with Crippen LogP contribution in [-0.4, -0.2) is 47.9 Å². The summed E-state index contributed by atoms with van der Waals surface area (Å²) in [4.78, 5) is 15.7. The maximum atomic E-state index is 13.6. The van der Waals surface area contributed by atoms with E-state index < -0.39 is 0 Å². The molecule has 0 unspecified atom stereocenters. The van der Waals surface area contributed by atoms with Gasteiger partial charge >= 0.3 is 0 Å². The number of halogens is 1. The molecule has 1 aliphatic heterocycles. The Labute approximate surface area is 119 Å². The zero-order valence-corrected chi connectivity index (χ0v) is 11.9. The molecule has 1 aromatic rings. The molecule has 0 radical (unpaired) electrons. The van der Waals surface area contributed by atoms with Gasteiger partial charge in [-0.25, -0.2) is 4.39 Å². The van der Waals surface area contributed by atoms with Crippen LogP contribution in [0.1, 0.15) is 18.9 Å². The molecule has 1 fully saturated rings. The van der Waals surface area contributed by atoms with E-state index in [1.165, 1.54) is 6.07 Å². The fourth-order valence-corrected chi connectivity index (χ4v) is 2.74. The van der Waals surface area contributed by atoms with E-state index >= 15 is 0 Å².